The number of pyridine rings is 1. The van der Waals surface area contributed by atoms with E-state index in [2.05, 4.69) is 9.98 Å². The molecule has 0 aliphatic carbocycles. The maximum absolute atomic E-state index is 10.5. The van der Waals surface area contributed by atoms with E-state index in [-0.39, 0.29) is 6.54 Å². The summed E-state index contributed by atoms with van der Waals surface area (Å²) in [6, 6.07) is 3.45. The standard InChI is InChI=1S/C10H14N4O3/c1-11-9(7-14(15)16)13(2)8-4-5-10(17-3)12-6-8/h4-6H,7H2,1-3H3. The van der Waals surface area contributed by atoms with Crippen LogP contribution in [0.5, 0.6) is 5.88 Å². The molecule has 1 rings (SSSR count). The molecule has 0 saturated carbocycles. The van der Waals surface area contributed by atoms with Gasteiger partial charge in [-0.15, -0.1) is 0 Å². The van der Waals surface area contributed by atoms with Crippen LogP contribution >= 0.6 is 0 Å². The number of hydrogen-bond donors (Lipinski definition) is 0. The summed E-state index contributed by atoms with van der Waals surface area (Å²) in [6.07, 6.45) is 1.57. The van der Waals surface area contributed by atoms with Crippen LogP contribution in [0, 0.1) is 10.1 Å². The van der Waals surface area contributed by atoms with Crippen molar-refractivity contribution in [2.45, 2.75) is 0 Å². The van der Waals surface area contributed by atoms with Gasteiger partial charge >= 0.3 is 0 Å². The average Bonchev–Trinajstić information content (AvgIpc) is 2.35. The van der Waals surface area contributed by atoms with Crippen molar-refractivity contribution < 1.29 is 9.66 Å². The molecule has 1 aromatic heterocycles. The lowest BCUT2D eigenvalue weighted by Crippen LogP contribution is -2.32. The van der Waals surface area contributed by atoms with Gasteiger partial charge in [-0.2, -0.15) is 0 Å². The maximum atomic E-state index is 10.5. The number of aromatic nitrogens is 1. The topological polar surface area (TPSA) is 80.9 Å². The molecule has 0 radical (unpaired) electrons. The number of hydrogen-bond acceptors (Lipinski definition) is 5. The second kappa shape index (κ2) is 5.78. The molecular weight excluding hydrogens is 224 g/mol. The zero-order valence-electron chi connectivity index (χ0n) is 9.95. The van der Waals surface area contributed by atoms with E-state index < -0.39 is 4.92 Å². The molecule has 0 unspecified atom stereocenters. The summed E-state index contributed by atoms with van der Waals surface area (Å²) >= 11 is 0. The Hall–Kier alpha value is -2.18. The van der Waals surface area contributed by atoms with Crippen molar-refractivity contribution in [2.24, 2.45) is 4.99 Å². The summed E-state index contributed by atoms with van der Waals surface area (Å²) in [5, 5.41) is 10.5. The van der Waals surface area contributed by atoms with Crippen LogP contribution in [0.2, 0.25) is 0 Å². The van der Waals surface area contributed by atoms with Crippen LogP contribution in [0.25, 0.3) is 0 Å². The molecule has 92 valence electrons. The van der Waals surface area contributed by atoms with Crippen molar-refractivity contribution >= 4 is 11.5 Å². The van der Waals surface area contributed by atoms with Crippen LogP contribution in [0.3, 0.4) is 0 Å². The molecule has 0 atom stereocenters. The zero-order valence-corrected chi connectivity index (χ0v) is 9.95. The van der Waals surface area contributed by atoms with Crippen LogP contribution in [0.1, 0.15) is 0 Å². The Labute approximate surface area is 98.9 Å². The Kier molecular flexibility index (Phi) is 4.38. The van der Waals surface area contributed by atoms with Crippen molar-refractivity contribution in [1.29, 1.82) is 0 Å². The van der Waals surface area contributed by atoms with Crippen LogP contribution in [0.15, 0.2) is 23.3 Å². The summed E-state index contributed by atoms with van der Waals surface area (Å²) in [5.74, 6) is 0.855. The fraction of sp³-hybridized carbons (Fsp3) is 0.400. The number of likely N-dealkylation sites (N-methyl/N-ethyl adjacent to an activating group) is 1. The summed E-state index contributed by atoms with van der Waals surface area (Å²) in [5.41, 5.74) is 0.716. The smallest absolute Gasteiger partial charge is 0.260 e. The van der Waals surface area contributed by atoms with Gasteiger partial charge in [0.05, 0.1) is 19.0 Å². The highest BCUT2D eigenvalue weighted by atomic mass is 16.6. The Morgan fingerprint density at radius 1 is 1.65 bits per heavy atom. The molecule has 0 fully saturated rings. The van der Waals surface area contributed by atoms with Gasteiger partial charge in [-0.25, -0.2) is 4.98 Å². The van der Waals surface area contributed by atoms with Gasteiger partial charge in [0.15, 0.2) is 5.84 Å². The molecule has 0 aliphatic heterocycles. The van der Waals surface area contributed by atoms with Gasteiger partial charge in [0.2, 0.25) is 5.88 Å². The summed E-state index contributed by atoms with van der Waals surface area (Å²) in [6.45, 7) is -0.320. The van der Waals surface area contributed by atoms with Gasteiger partial charge in [0.1, 0.15) is 0 Å². The molecule has 17 heavy (non-hydrogen) atoms. The van der Waals surface area contributed by atoms with Crippen molar-refractivity contribution in [2.75, 3.05) is 32.6 Å². The number of aliphatic imine (C=N–C) groups is 1. The van der Waals surface area contributed by atoms with Gasteiger partial charge in [-0.05, 0) is 6.07 Å². The lowest BCUT2D eigenvalue weighted by Gasteiger charge is -2.18. The summed E-state index contributed by atoms with van der Waals surface area (Å²) in [4.78, 5) is 19.6. The molecule has 0 aliphatic rings. The molecule has 1 aromatic rings. The van der Waals surface area contributed by atoms with Gasteiger partial charge < -0.3 is 9.64 Å². The minimum Gasteiger partial charge on any atom is -0.481 e. The predicted octanol–water partition coefficient (Wildman–Crippen LogP) is 0.831. The predicted molar refractivity (Wildman–Crippen MR) is 64.4 cm³/mol. The number of nitro groups is 1. The number of amidine groups is 1. The molecule has 0 amide bonds. The Morgan fingerprint density at radius 2 is 2.35 bits per heavy atom. The van der Waals surface area contributed by atoms with Crippen LogP contribution in [-0.4, -0.2) is 43.5 Å². The van der Waals surface area contributed by atoms with Crippen molar-refractivity contribution in [3.8, 4) is 5.88 Å². The SMILES string of the molecule is CN=C(C[N+](=O)[O-])N(C)c1ccc(OC)nc1. The van der Waals surface area contributed by atoms with Crippen molar-refractivity contribution in [3.05, 3.63) is 28.4 Å². The zero-order chi connectivity index (χ0) is 12.8. The van der Waals surface area contributed by atoms with E-state index in [9.17, 15) is 10.1 Å². The number of nitrogens with zero attached hydrogens (tertiary/aromatic N) is 4. The molecule has 7 heteroatoms. The van der Waals surface area contributed by atoms with E-state index in [1.54, 1.807) is 30.3 Å². The molecule has 0 bridgehead atoms. The van der Waals surface area contributed by atoms with Crippen LogP contribution in [-0.2, 0) is 0 Å². The van der Waals surface area contributed by atoms with E-state index in [4.69, 9.17) is 4.74 Å². The maximum Gasteiger partial charge on any atom is 0.260 e. The molecule has 0 saturated heterocycles. The summed E-state index contributed by atoms with van der Waals surface area (Å²) in [7, 11) is 4.75. The number of ether oxygens (including phenoxy) is 1. The Balaban J connectivity index is 2.86. The van der Waals surface area contributed by atoms with Gasteiger partial charge in [0, 0.05) is 25.1 Å². The first-order valence-corrected chi connectivity index (χ1v) is 4.89. The lowest BCUT2D eigenvalue weighted by atomic mass is 10.3. The lowest BCUT2D eigenvalue weighted by molar-refractivity contribution is -0.463. The first-order valence-electron chi connectivity index (χ1n) is 4.89. The van der Waals surface area contributed by atoms with Crippen molar-refractivity contribution in [3.63, 3.8) is 0 Å². The van der Waals surface area contributed by atoms with Gasteiger partial charge in [0.25, 0.3) is 6.54 Å². The third-order valence-corrected chi connectivity index (χ3v) is 2.23. The second-order valence-electron chi connectivity index (χ2n) is 3.25. The van der Waals surface area contributed by atoms with E-state index in [0.717, 1.165) is 0 Å². The average molecular weight is 238 g/mol. The minimum absolute atomic E-state index is 0.320. The quantitative estimate of drug-likeness (QED) is 0.336. The van der Waals surface area contributed by atoms with E-state index in [0.29, 0.717) is 17.4 Å². The molecule has 7 nitrogen and oxygen atoms in total. The molecule has 0 spiro atoms. The Morgan fingerprint density at radius 3 is 2.76 bits per heavy atom. The van der Waals surface area contributed by atoms with E-state index >= 15 is 0 Å². The third-order valence-electron chi connectivity index (χ3n) is 2.23. The largest absolute Gasteiger partial charge is 0.481 e. The number of methoxy groups -OCH3 is 1. The first kappa shape index (κ1) is 12.9. The first-order chi connectivity index (χ1) is 8.08. The molecule has 1 heterocycles. The highest BCUT2D eigenvalue weighted by Crippen LogP contribution is 2.15. The molecule has 0 aromatic carbocycles. The number of rotatable bonds is 4. The third kappa shape index (κ3) is 3.40. The molecule has 0 N–H and O–H groups in total. The fourth-order valence-corrected chi connectivity index (χ4v) is 1.28. The minimum atomic E-state index is -0.421. The van der Waals surface area contributed by atoms with Gasteiger partial charge in [-0.3, -0.25) is 15.1 Å². The van der Waals surface area contributed by atoms with Gasteiger partial charge in [-0.1, -0.05) is 0 Å². The van der Waals surface area contributed by atoms with Crippen LogP contribution in [0.4, 0.5) is 5.69 Å². The molecular formula is C10H14N4O3. The summed E-state index contributed by atoms with van der Waals surface area (Å²) < 4.78 is 4.93. The van der Waals surface area contributed by atoms with E-state index in [1.165, 1.54) is 14.2 Å². The highest BCUT2D eigenvalue weighted by molar-refractivity contribution is 5.97. The normalized spacial score (nSPS) is 11.1. The fourth-order valence-electron chi connectivity index (χ4n) is 1.28. The second-order valence-corrected chi connectivity index (χ2v) is 3.25. The highest BCUT2D eigenvalue weighted by Gasteiger charge is 2.14. The van der Waals surface area contributed by atoms with Crippen molar-refractivity contribution in [1.82, 2.24) is 4.98 Å². The monoisotopic (exact) mass is 238 g/mol. The number of anilines is 1. The van der Waals surface area contributed by atoms with E-state index in [1.807, 2.05) is 0 Å². The Bertz CT molecular complexity index is 416. The van der Waals surface area contributed by atoms with Crippen LogP contribution < -0.4 is 9.64 Å².